The van der Waals surface area contributed by atoms with E-state index in [1.807, 2.05) is 0 Å². The van der Waals surface area contributed by atoms with Gasteiger partial charge in [0.05, 0.1) is 0 Å². The van der Waals surface area contributed by atoms with E-state index in [0.29, 0.717) is 25.3 Å². The summed E-state index contributed by atoms with van der Waals surface area (Å²) in [6.07, 6.45) is 4.51. The van der Waals surface area contributed by atoms with E-state index in [1.165, 1.54) is 0 Å². The highest BCUT2D eigenvalue weighted by atomic mass is 19.1. The van der Waals surface area contributed by atoms with Crippen LogP contribution < -0.4 is 5.84 Å². The number of rotatable bonds is 5. The molecule has 1 aliphatic rings. The number of hydrogen-bond acceptors (Lipinski definition) is 2. The van der Waals surface area contributed by atoms with E-state index in [9.17, 15) is 9.18 Å². The molecule has 3 N–H and O–H groups in total. The summed E-state index contributed by atoms with van der Waals surface area (Å²) in [6, 6.07) is 0. The molecule has 5 heteroatoms. The number of hydrazine groups is 1. The highest BCUT2D eigenvalue weighted by Gasteiger charge is 2.19. The molecule has 1 rings (SSSR count). The Balaban J connectivity index is 2.01. The van der Waals surface area contributed by atoms with Crippen LogP contribution in [-0.4, -0.2) is 28.9 Å². The topological polar surface area (TPSA) is 66.6 Å². The first kappa shape index (κ1) is 13.2. The minimum Gasteiger partial charge on any atom is -0.464 e. The largest absolute Gasteiger partial charge is 0.464 e. The molecule has 0 saturated heterocycles. The van der Waals surface area contributed by atoms with Gasteiger partial charge < -0.3 is 5.11 Å². The van der Waals surface area contributed by atoms with E-state index < -0.39 is 12.3 Å². The summed E-state index contributed by atoms with van der Waals surface area (Å²) in [5.41, 5.74) is 0. The van der Waals surface area contributed by atoms with Crippen molar-refractivity contribution < 1.29 is 14.3 Å². The van der Waals surface area contributed by atoms with Gasteiger partial charge in [-0.2, -0.15) is 0 Å². The fourth-order valence-electron chi connectivity index (χ4n) is 2.22. The molecule has 1 amide bonds. The maximum absolute atomic E-state index is 12.9. The molecule has 4 nitrogen and oxygen atoms in total. The van der Waals surface area contributed by atoms with Crippen LogP contribution in [0.3, 0.4) is 0 Å². The van der Waals surface area contributed by atoms with Crippen LogP contribution in [0.4, 0.5) is 9.18 Å². The van der Waals surface area contributed by atoms with Gasteiger partial charge >= 0.3 is 6.09 Å². The van der Waals surface area contributed by atoms with Crippen LogP contribution in [0.15, 0.2) is 0 Å². The SMILES string of the molecule is NN(CCCCC1CCC(F)CC1)C(=O)O. The van der Waals surface area contributed by atoms with Crippen molar-refractivity contribution in [3.05, 3.63) is 0 Å². The number of nitrogens with two attached hydrogens (primary N) is 1. The van der Waals surface area contributed by atoms with E-state index in [4.69, 9.17) is 10.9 Å². The average molecular weight is 232 g/mol. The highest BCUT2D eigenvalue weighted by Crippen LogP contribution is 2.29. The van der Waals surface area contributed by atoms with Gasteiger partial charge in [-0.1, -0.05) is 12.8 Å². The zero-order valence-corrected chi connectivity index (χ0v) is 9.57. The molecule has 0 atom stereocenters. The minimum absolute atomic E-state index is 0.383. The Hall–Kier alpha value is -0.840. The lowest BCUT2D eigenvalue weighted by Gasteiger charge is -2.24. The molecule has 1 aliphatic carbocycles. The van der Waals surface area contributed by atoms with E-state index in [-0.39, 0.29) is 0 Å². The molecule has 16 heavy (non-hydrogen) atoms. The number of halogens is 1. The smallest absolute Gasteiger partial charge is 0.421 e. The third-order valence-electron chi connectivity index (χ3n) is 3.28. The molecule has 0 spiro atoms. The molecule has 94 valence electrons. The Morgan fingerprint density at radius 3 is 2.50 bits per heavy atom. The lowest BCUT2D eigenvalue weighted by Crippen LogP contribution is -2.36. The van der Waals surface area contributed by atoms with Crippen molar-refractivity contribution >= 4 is 6.09 Å². The first-order valence-corrected chi connectivity index (χ1v) is 5.99. The van der Waals surface area contributed by atoms with Crippen LogP contribution in [-0.2, 0) is 0 Å². The summed E-state index contributed by atoms with van der Waals surface area (Å²) in [6.45, 7) is 0.383. The zero-order valence-electron chi connectivity index (χ0n) is 9.57. The third-order valence-corrected chi connectivity index (χ3v) is 3.28. The summed E-state index contributed by atoms with van der Waals surface area (Å²) in [5.74, 6) is 5.87. The lowest BCUT2D eigenvalue weighted by atomic mass is 9.85. The molecule has 0 unspecified atom stereocenters. The van der Waals surface area contributed by atoms with Crippen molar-refractivity contribution in [3.8, 4) is 0 Å². The quantitative estimate of drug-likeness (QED) is 0.331. The first-order chi connectivity index (χ1) is 7.59. The van der Waals surface area contributed by atoms with Crippen molar-refractivity contribution in [3.63, 3.8) is 0 Å². The molecule has 0 aromatic heterocycles. The monoisotopic (exact) mass is 232 g/mol. The molecule has 1 fully saturated rings. The van der Waals surface area contributed by atoms with Crippen LogP contribution in [0.2, 0.25) is 0 Å². The van der Waals surface area contributed by atoms with E-state index in [0.717, 1.165) is 37.1 Å². The third kappa shape index (κ3) is 4.79. The van der Waals surface area contributed by atoms with Gasteiger partial charge in [-0.15, -0.1) is 0 Å². The van der Waals surface area contributed by atoms with Crippen LogP contribution in [0.1, 0.15) is 44.9 Å². The fourth-order valence-corrected chi connectivity index (χ4v) is 2.22. The standard InChI is InChI=1S/C11H21FN2O2/c12-10-6-4-9(5-7-10)3-1-2-8-14(13)11(15)16/h9-10H,1-8,13H2,(H,15,16). The van der Waals surface area contributed by atoms with Gasteiger partial charge in [0.25, 0.3) is 0 Å². The maximum Gasteiger partial charge on any atom is 0.421 e. The van der Waals surface area contributed by atoms with Crippen LogP contribution >= 0.6 is 0 Å². The molecule has 0 aromatic rings. The van der Waals surface area contributed by atoms with Gasteiger partial charge in [0.2, 0.25) is 0 Å². The number of nitrogens with zero attached hydrogens (tertiary/aromatic N) is 1. The number of carboxylic acid groups (broad SMARTS) is 1. The van der Waals surface area contributed by atoms with Gasteiger partial charge in [0, 0.05) is 6.54 Å². The van der Waals surface area contributed by atoms with Gasteiger partial charge in [0.15, 0.2) is 0 Å². The second-order valence-corrected chi connectivity index (χ2v) is 4.59. The lowest BCUT2D eigenvalue weighted by molar-refractivity contribution is 0.144. The normalized spacial score (nSPS) is 25.4. The fraction of sp³-hybridized carbons (Fsp3) is 0.909. The van der Waals surface area contributed by atoms with Gasteiger partial charge in [-0.05, 0) is 38.0 Å². The predicted molar refractivity (Wildman–Crippen MR) is 59.6 cm³/mol. The van der Waals surface area contributed by atoms with Crippen LogP contribution in [0.25, 0.3) is 0 Å². The highest BCUT2D eigenvalue weighted by molar-refractivity contribution is 5.63. The number of unbranched alkanes of at least 4 members (excludes halogenated alkanes) is 1. The summed E-state index contributed by atoms with van der Waals surface area (Å²) < 4.78 is 12.9. The number of alkyl halides is 1. The molecular weight excluding hydrogens is 211 g/mol. The van der Waals surface area contributed by atoms with E-state index in [2.05, 4.69) is 0 Å². The Morgan fingerprint density at radius 1 is 1.31 bits per heavy atom. The number of carbonyl (C=O) groups is 1. The number of hydrogen-bond donors (Lipinski definition) is 2. The summed E-state index contributed by atoms with van der Waals surface area (Å²) >= 11 is 0. The molecule has 0 bridgehead atoms. The molecular formula is C11H21FN2O2. The van der Waals surface area contributed by atoms with Crippen molar-refractivity contribution in [2.75, 3.05) is 6.54 Å². The Morgan fingerprint density at radius 2 is 1.94 bits per heavy atom. The molecule has 0 aliphatic heterocycles. The van der Waals surface area contributed by atoms with Crippen molar-refractivity contribution in [2.24, 2.45) is 11.8 Å². The van der Waals surface area contributed by atoms with Gasteiger partial charge in [-0.3, -0.25) is 0 Å². The minimum atomic E-state index is -1.09. The number of amides is 1. The van der Waals surface area contributed by atoms with Gasteiger partial charge in [0.1, 0.15) is 6.17 Å². The van der Waals surface area contributed by atoms with Crippen molar-refractivity contribution in [1.82, 2.24) is 5.01 Å². The van der Waals surface area contributed by atoms with Crippen molar-refractivity contribution in [1.29, 1.82) is 0 Å². The summed E-state index contributed by atoms with van der Waals surface area (Å²) in [5, 5.41) is 9.34. The molecule has 0 aromatic carbocycles. The Bertz CT molecular complexity index is 218. The predicted octanol–water partition coefficient (Wildman–Crippen LogP) is 2.54. The summed E-state index contributed by atoms with van der Waals surface area (Å²) in [7, 11) is 0. The van der Waals surface area contributed by atoms with Gasteiger partial charge in [-0.25, -0.2) is 20.0 Å². The second-order valence-electron chi connectivity index (χ2n) is 4.59. The first-order valence-electron chi connectivity index (χ1n) is 5.99. The van der Waals surface area contributed by atoms with E-state index in [1.54, 1.807) is 0 Å². The average Bonchev–Trinajstić information content (AvgIpc) is 2.26. The maximum atomic E-state index is 12.9. The van der Waals surface area contributed by atoms with E-state index >= 15 is 0 Å². The van der Waals surface area contributed by atoms with Crippen molar-refractivity contribution in [2.45, 2.75) is 51.1 Å². The second kappa shape index (κ2) is 6.68. The Kier molecular flexibility index (Phi) is 5.52. The zero-order chi connectivity index (χ0) is 12.0. The summed E-state index contributed by atoms with van der Waals surface area (Å²) in [4.78, 5) is 10.4. The molecule has 1 saturated carbocycles. The van der Waals surface area contributed by atoms with Crippen LogP contribution in [0, 0.1) is 5.92 Å². The Labute approximate surface area is 95.6 Å². The molecule has 0 radical (unpaired) electrons. The molecule has 0 heterocycles. The van der Waals surface area contributed by atoms with Crippen LogP contribution in [0.5, 0.6) is 0 Å².